The number of ether oxygens (including phenoxy) is 1. The molecule has 0 spiro atoms. The van der Waals surface area contributed by atoms with Gasteiger partial charge in [-0.2, -0.15) is 0 Å². The number of hydrogen-bond donors (Lipinski definition) is 0. The molecule has 0 radical (unpaired) electrons. The van der Waals surface area contributed by atoms with Crippen molar-refractivity contribution in [3.8, 4) is 5.75 Å². The maximum atomic E-state index is 14.1. The van der Waals surface area contributed by atoms with Gasteiger partial charge < -0.3 is 9.64 Å². The number of amides is 3. The number of imide groups is 1. The van der Waals surface area contributed by atoms with Crippen molar-refractivity contribution in [2.24, 2.45) is 17.8 Å². The van der Waals surface area contributed by atoms with Gasteiger partial charge in [-0.3, -0.25) is 19.2 Å². The Morgan fingerprint density at radius 2 is 1.33 bits per heavy atom. The Bertz CT molecular complexity index is 1800. The van der Waals surface area contributed by atoms with E-state index in [1.165, 1.54) is 10.5 Å². The molecular formula is C38H32N2O5. The van der Waals surface area contributed by atoms with Crippen LogP contribution in [0.15, 0.2) is 91.0 Å². The third-order valence-corrected chi connectivity index (χ3v) is 10.2. The largest absolute Gasteiger partial charge is 0.426 e. The molecule has 0 aromatic heterocycles. The topological polar surface area (TPSA) is 84.0 Å². The zero-order valence-corrected chi connectivity index (χ0v) is 25.1. The number of anilines is 2. The molecule has 0 unspecified atom stereocenters. The molecule has 4 aromatic carbocycles. The number of benzene rings is 4. The molecule has 0 saturated carbocycles. The van der Waals surface area contributed by atoms with Gasteiger partial charge in [0.2, 0.25) is 17.7 Å². The van der Waals surface area contributed by atoms with E-state index < -0.39 is 23.7 Å². The fourth-order valence-electron chi connectivity index (χ4n) is 8.08. The third kappa shape index (κ3) is 4.10. The molecule has 0 N–H and O–H groups in total. The predicted octanol–water partition coefficient (Wildman–Crippen LogP) is 5.91. The molecular weight excluding hydrogens is 564 g/mol. The summed E-state index contributed by atoms with van der Waals surface area (Å²) in [5.74, 6) is -2.52. The Hall–Kier alpha value is -5.04. The smallest absolute Gasteiger partial charge is 0.316 e. The highest BCUT2D eigenvalue weighted by atomic mass is 16.5. The van der Waals surface area contributed by atoms with E-state index in [0.29, 0.717) is 17.0 Å². The van der Waals surface area contributed by atoms with Gasteiger partial charge in [-0.15, -0.1) is 0 Å². The summed E-state index contributed by atoms with van der Waals surface area (Å²) in [4.78, 5) is 57.2. The van der Waals surface area contributed by atoms with Crippen LogP contribution in [0.3, 0.4) is 0 Å². The summed E-state index contributed by atoms with van der Waals surface area (Å²) >= 11 is 0. The van der Waals surface area contributed by atoms with E-state index in [1.54, 1.807) is 23.1 Å². The van der Waals surface area contributed by atoms with Crippen LogP contribution in [0.5, 0.6) is 5.75 Å². The molecule has 45 heavy (non-hydrogen) atoms. The number of esters is 1. The zero-order chi connectivity index (χ0) is 31.0. The average Bonchev–Trinajstić information content (AvgIpc) is 3.58. The van der Waals surface area contributed by atoms with Crippen LogP contribution in [0.4, 0.5) is 11.4 Å². The van der Waals surface area contributed by atoms with E-state index in [9.17, 15) is 19.2 Å². The molecule has 4 aromatic rings. The summed E-state index contributed by atoms with van der Waals surface area (Å²) in [5.41, 5.74) is 7.63. The van der Waals surface area contributed by atoms with Crippen molar-refractivity contribution in [2.75, 3.05) is 16.3 Å². The number of rotatable bonds is 5. The van der Waals surface area contributed by atoms with Crippen molar-refractivity contribution in [3.63, 3.8) is 0 Å². The van der Waals surface area contributed by atoms with Crippen LogP contribution in [0.1, 0.15) is 58.6 Å². The monoisotopic (exact) mass is 596 g/mol. The van der Waals surface area contributed by atoms with Crippen molar-refractivity contribution in [1.82, 2.24) is 0 Å². The predicted molar refractivity (Wildman–Crippen MR) is 169 cm³/mol. The number of carbonyl (C=O) groups excluding carboxylic acids is 4. The summed E-state index contributed by atoms with van der Waals surface area (Å²) in [6.07, 6.45) is 0.990. The second-order valence-corrected chi connectivity index (χ2v) is 12.6. The van der Waals surface area contributed by atoms with Gasteiger partial charge in [0.25, 0.3) is 0 Å². The van der Waals surface area contributed by atoms with Crippen LogP contribution in [0.2, 0.25) is 0 Å². The lowest BCUT2D eigenvalue weighted by molar-refractivity contribution is -0.139. The fraction of sp³-hybridized carbons (Fsp3) is 0.263. The lowest BCUT2D eigenvalue weighted by Crippen LogP contribution is -2.41. The second-order valence-electron chi connectivity index (χ2n) is 12.6. The summed E-state index contributed by atoms with van der Waals surface area (Å²) in [6.45, 7) is 4.15. The van der Waals surface area contributed by atoms with E-state index in [2.05, 4.69) is 31.2 Å². The summed E-state index contributed by atoms with van der Waals surface area (Å²) < 4.78 is 5.74. The Labute approximate surface area is 261 Å². The minimum Gasteiger partial charge on any atom is -0.426 e. The van der Waals surface area contributed by atoms with Crippen molar-refractivity contribution in [1.29, 1.82) is 0 Å². The molecule has 2 heterocycles. The summed E-state index contributed by atoms with van der Waals surface area (Å²) in [6, 6.07) is 29.2. The molecule has 3 aliphatic carbocycles. The number of carbonyl (C=O) groups is 4. The van der Waals surface area contributed by atoms with Crippen molar-refractivity contribution >= 4 is 35.1 Å². The van der Waals surface area contributed by atoms with Crippen LogP contribution < -0.4 is 14.5 Å². The van der Waals surface area contributed by atoms with Gasteiger partial charge in [-0.1, -0.05) is 67.6 Å². The number of aryl methyl sites for hydroxylation is 2. The zero-order valence-electron chi connectivity index (χ0n) is 25.1. The maximum absolute atomic E-state index is 14.1. The highest BCUT2D eigenvalue weighted by Gasteiger charge is 2.61. The molecule has 3 atom stereocenters. The van der Waals surface area contributed by atoms with Crippen LogP contribution in [-0.4, -0.2) is 30.2 Å². The van der Waals surface area contributed by atoms with Gasteiger partial charge in [-0.25, -0.2) is 4.90 Å². The minimum atomic E-state index is -0.591. The Morgan fingerprint density at radius 3 is 1.84 bits per heavy atom. The van der Waals surface area contributed by atoms with E-state index in [4.69, 9.17) is 4.74 Å². The lowest BCUT2D eigenvalue weighted by atomic mass is 9.55. The second kappa shape index (κ2) is 10.3. The van der Waals surface area contributed by atoms with E-state index in [-0.39, 0.29) is 42.5 Å². The molecule has 3 amide bonds. The van der Waals surface area contributed by atoms with Gasteiger partial charge in [0.1, 0.15) is 5.75 Å². The lowest BCUT2D eigenvalue weighted by Gasteiger charge is -2.45. The number of hydrogen-bond acceptors (Lipinski definition) is 5. The summed E-state index contributed by atoms with van der Waals surface area (Å²) in [5, 5.41) is 0. The molecule has 9 rings (SSSR count). The van der Waals surface area contributed by atoms with Gasteiger partial charge in [0.05, 0.1) is 23.4 Å². The van der Waals surface area contributed by atoms with Crippen LogP contribution in [0.25, 0.3) is 0 Å². The van der Waals surface area contributed by atoms with Crippen LogP contribution in [0, 0.1) is 24.7 Å². The van der Waals surface area contributed by atoms with Crippen LogP contribution in [-0.2, 0) is 25.6 Å². The van der Waals surface area contributed by atoms with Gasteiger partial charge in [0, 0.05) is 30.5 Å². The first-order valence-corrected chi connectivity index (χ1v) is 15.6. The SMILES string of the molecule is CCc1ccc(N2C[C@H](C(=O)Oc3ccc(N4C(=O)[C@H]5C6c7ccccc7C(c7ccccc76)[C@@H]5C4=O)c(C)c3)CC2=O)cc1. The van der Waals surface area contributed by atoms with Crippen molar-refractivity contribution < 1.29 is 23.9 Å². The molecule has 224 valence electrons. The van der Waals surface area contributed by atoms with Gasteiger partial charge in [0.15, 0.2) is 0 Å². The molecule has 2 fully saturated rings. The fourth-order valence-corrected chi connectivity index (χ4v) is 8.08. The third-order valence-electron chi connectivity index (χ3n) is 10.2. The quantitative estimate of drug-likeness (QED) is 0.162. The first-order chi connectivity index (χ1) is 21.9. The minimum absolute atomic E-state index is 0.0814. The first kappa shape index (κ1) is 27.5. The van der Waals surface area contributed by atoms with Crippen molar-refractivity contribution in [3.05, 3.63) is 124 Å². The molecule has 2 saturated heterocycles. The molecule has 7 heteroatoms. The Kier molecular flexibility index (Phi) is 6.27. The Balaban J connectivity index is 1.03. The standard InChI is InChI=1S/C38H32N2O5/c1-3-22-12-14-24(15-13-22)39-20-23(19-31(39)41)38(44)45-25-16-17-30(21(2)18-25)40-36(42)34-32-26-8-4-5-9-27(26)33(35(34)37(40)43)29-11-7-6-10-28(29)32/h4-18,23,32-35H,3,19-20H2,1-2H3/t23-,32?,33?,34+,35+/m1/s1. The van der Waals surface area contributed by atoms with Crippen molar-refractivity contribution in [2.45, 2.75) is 38.5 Å². The van der Waals surface area contributed by atoms with Gasteiger partial charge in [-0.05, 0) is 77.1 Å². The molecule has 2 bridgehead atoms. The maximum Gasteiger partial charge on any atom is 0.316 e. The molecule has 7 nitrogen and oxygen atoms in total. The van der Waals surface area contributed by atoms with Crippen LogP contribution >= 0.6 is 0 Å². The van der Waals surface area contributed by atoms with E-state index in [1.807, 2.05) is 55.5 Å². The normalized spacial score (nSPS) is 24.5. The van der Waals surface area contributed by atoms with Gasteiger partial charge >= 0.3 is 5.97 Å². The molecule has 2 aliphatic heterocycles. The number of nitrogens with zero attached hydrogens (tertiary/aromatic N) is 2. The average molecular weight is 597 g/mol. The van der Waals surface area contributed by atoms with E-state index in [0.717, 1.165) is 34.4 Å². The Morgan fingerprint density at radius 1 is 0.778 bits per heavy atom. The highest BCUT2D eigenvalue weighted by molar-refractivity contribution is 6.23. The first-order valence-electron chi connectivity index (χ1n) is 15.6. The highest BCUT2D eigenvalue weighted by Crippen LogP contribution is 2.61. The van der Waals surface area contributed by atoms with E-state index >= 15 is 0 Å². The molecule has 5 aliphatic rings. The summed E-state index contributed by atoms with van der Waals surface area (Å²) in [7, 11) is 0.